The van der Waals surface area contributed by atoms with Crippen LogP contribution in [0.25, 0.3) is 11.3 Å². The van der Waals surface area contributed by atoms with Gasteiger partial charge in [0.2, 0.25) is 0 Å². The van der Waals surface area contributed by atoms with E-state index < -0.39 is 0 Å². The first-order valence-electron chi connectivity index (χ1n) is 5.38. The highest BCUT2D eigenvalue weighted by Gasteiger charge is 2.08. The Kier molecular flexibility index (Phi) is 3.36. The number of aryl methyl sites for hydroxylation is 1. The van der Waals surface area contributed by atoms with Crippen LogP contribution in [0.15, 0.2) is 17.8 Å². The first-order chi connectivity index (χ1) is 7.69. The molecule has 2 N–H and O–H groups in total. The maximum absolute atomic E-state index is 5.91. The Balaban J connectivity index is 2.13. The average molecular weight is 236 g/mol. The van der Waals surface area contributed by atoms with E-state index in [9.17, 15) is 0 Å². The topological polar surface area (TPSA) is 56.7 Å². The van der Waals surface area contributed by atoms with E-state index in [2.05, 4.69) is 22.4 Å². The SMILES string of the molecule is CCC(N)Cc1nc(-c2cnn(C)c2)cs1. The van der Waals surface area contributed by atoms with Crippen LogP contribution in [0.5, 0.6) is 0 Å². The van der Waals surface area contributed by atoms with E-state index in [1.165, 1.54) is 0 Å². The summed E-state index contributed by atoms with van der Waals surface area (Å²) in [5.74, 6) is 0. The minimum absolute atomic E-state index is 0.216. The van der Waals surface area contributed by atoms with Crippen molar-refractivity contribution in [2.45, 2.75) is 25.8 Å². The lowest BCUT2D eigenvalue weighted by Crippen LogP contribution is -2.21. The highest BCUT2D eigenvalue weighted by Crippen LogP contribution is 2.21. The van der Waals surface area contributed by atoms with Crippen LogP contribution in [0, 0.1) is 0 Å². The average Bonchev–Trinajstić information content (AvgIpc) is 2.87. The summed E-state index contributed by atoms with van der Waals surface area (Å²) in [5.41, 5.74) is 7.97. The molecule has 0 aliphatic rings. The Bertz CT molecular complexity index is 460. The van der Waals surface area contributed by atoms with Gasteiger partial charge >= 0.3 is 0 Å². The quantitative estimate of drug-likeness (QED) is 0.881. The molecule has 2 aromatic heterocycles. The van der Waals surface area contributed by atoms with Crippen LogP contribution >= 0.6 is 11.3 Å². The van der Waals surface area contributed by atoms with Crippen LogP contribution in [0.2, 0.25) is 0 Å². The zero-order valence-electron chi connectivity index (χ0n) is 9.55. The van der Waals surface area contributed by atoms with Gasteiger partial charge in [0.1, 0.15) is 0 Å². The lowest BCUT2D eigenvalue weighted by molar-refractivity contribution is 0.644. The van der Waals surface area contributed by atoms with Crippen molar-refractivity contribution < 1.29 is 0 Å². The third-order valence-corrected chi connectivity index (χ3v) is 3.38. The molecule has 0 spiro atoms. The summed E-state index contributed by atoms with van der Waals surface area (Å²) in [6.07, 6.45) is 5.65. The molecule has 2 rings (SSSR count). The van der Waals surface area contributed by atoms with Gasteiger partial charge in [0, 0.05) is 36.7 Å². The van der Waals surface area contributed by atoms with Crippen molar-refractivity contribution in [2.24, 2.45) is 12.8 Å². The summed E-state index contributed by atoms with van der Waals surface area (Å²) in [5, 5.41) is 7.31. The number of rotatable bonds is 4. The third-order valence-electron chi connectivity index (χ3n) is 2.51. The second kappa shape index (κ2) is 4.76. The van der Waals surface area contributed by atoms with Gasteiger partial charge in [-0.25, -0.2) is 4.98 Å². The van der Waals surface area contributed by atoms with Gasteiger partial charge in [-0.2, -0.15) is 5.10 Å². The summed E-state index contributed by atoms with van der Waals surface area (Å²) >= 11 is 1.67. The largest absolute Gasteiger partial charge is 0.327 e. The molecule has 0 aliphatic carbocycles. The van der Waals surface area contributed by atoms with E-state index in [0.717, 1.165) is 29.1 Å². The van der Waals surface area contributed by atoms with E-state index in [1.807, 2.05) is 19.4 Å². The summed E-state index contributed by atoms with van der Waals surface area (Å²) in [6, 6.07) is 0.216. The monoisotopic (exact) mass is 236 g/mol. The predicted molar refractivity (Wildman–Crippen MR) is 66.3 cm³/mol. The molecule has 0 aromatic carbocycles. The molecule has 0 aliphatic heterocycles. The van der Waals surface area contributed by atoms with Crippen molar-refractivity contribution in [2.75, 3.05) is 0 Å². The van der Waals surface area contributed by atoms with Crippen molar-refractivity contribution >= 4 is 11.3 Å². The van der Waals surface area contributed by atoms with Crippen LogP contribution in [0.3, 0.4) is 0 Å². The Hall–Kier alpha value is -1.20. The molecule has 0 radical (unpaired) electrons. The first-order valence-corrected chi connectivity index (χ1v) is 6.26. The van der Waals surface area contributed by atoms with Gasteiger partial charge in [-0.15, -0.1) is 11.3 Å². The lowest BCUT2D eigenvalue weighted by Gasteiger charge is -2.04. The summed E-state index contributed by atoms with van der Waals surface area (Å²) in [7, 11) is 1.91. The maximum atomic E-state index is 5.91. The third kappa shape index (κ3) is 2.48. The Morgan fingerprint density at radius 1 is 1.56 bits per heavy atom. The van der Waals surface area contributed by atoms with Crippen molar-refractivity contribution in [3.8, 4) is 11.3 Å². The normalized spacial score (nSPS) is 12.9. The molecule has 16 heavy (non-hydrogen) atoms. The predicted octanol–water partition coefficient (Wildman–Crippen LogP) is 1.82. The molecule has 0 amide bonds. The van der Waals surface area contributed by atoms with Gasteiger partial charge in [0.15, 0.2) is 0 Å². The smallest absolute Gasteiger partial charge is 0.0948 e. The van der Waals surface area contributed by atoms with Crippen molar-refractivity contribution in [1.29, 1.82) is 0 Å². The van der Waals surface area contributed by atoms with Crippen LogP contribution in [-0.4, -0.2) is 20.8 Å². The van der Waals surface area contributed by atoms with Crippen molar-refractivity contribution in [3.63, 3.8) is 0 Å². The fraction of sp³-hybridized carbons (Fsp3) is 0.455. The summed E-state index contributed by atoms with van der Waals surface area (Å²) in [6.45, 7) is 2.10. The number of hydrogen-bond acceptors (Lipinski definition) is 4. The molecule has 5 heteroatoms. The number of aromatic nitrogens is 3. The van der Waals surface area contributed by atoms with Gasteiger partial charge in [-0.3, -0.25) is 4.68 Å². The molecule has 0 saturated heterocycles. The van der Waals surface area contributed by atoms with Gasteiger partial charge in [0.05, 0.1) is 16.9 Å². The molecule has 4 nitrogen and oxygen atoms in total. The molecule has 0 saturated carbocycles. The molecule has 2 heterocycles. The summed E-state index contributed by atoms with van der Waals surface area (Å²) < 4.78 is 1.78. The molecule has 1 atom stereocenters. The van der Waals surface area contributed by atoms with Crippen LogP contribution in [0.1, 0.15) is 18.4 Å². The summed E-state index contributed by atoms with van der Waals surface area (Å²) in [4.78, 5) is 4.57. The highest BCUT2D eigenvalue weighted by atomic mass is 32.1. The number of thiazole rings is 1. The van der Waals surface area contributed by atoms with E-state index >= 15 is 0 Å². The minimum Gasteiger partial charge on any atom is -0.327 e. The lowest BCUT2D eigenvalue weighted by atomic mass is 10.2. The molecule has 0 fully saturated rings. The molecule has 1 unspecified atom stereocenters. The van der Waals surface area contributed by atoms with Crippen LogP contribution in [0.4, 0.5) is 0 Å². The number of hydrogen-bond donors (Lipinski definition) is 1. The number of nitrogens with zero attached hydrogens (tertiary/aromatic N) is 3. The number of nitrogens with two attached hydrogens (primary N) is 1. The Labute approximate surface area is 99.1 Å². The molecular formula is C11H16N4S. The molecular weight excluding hydrogens is 220 g/mol. The van der Waals surface area contributed by atoms with Crippen LogP contribution in [-0.2, 0) is 13.5 Å². The second-order valence-corrected chi connectivity index (χ2v) is 4.84. The zero-order valence-corrected chi connectivity index (χ0v) is 10.4. The molecule has 2 aromatic rings. The van der Waals surface area contributed by atoms with E-state index in [-0.39, 0.29) is 6.04 Å². The highest BCUT2D eigenvalue weighted by molar-refractivity contribution is 7.09. The van der Waals surface area contributed by atoms with Crippen LogP contribution < -0.4 is 5.73 Å². The van der Waals surface area contributed by atoms with E-state index in [1.54, 1.807) is 16.0 Å². The van der Waals surface area contributed by atoms with E-state index in [0.29, 0.717) is 0 Å². The van der Waals surface area contributed by atoms with Crippen molar-refractivity contribution in [1.82, 2.24) is 14.8 Å². The molecule has 0 bridgehead atoms. The molecule has 86 valence electrons. The zero-order chi connectivity index (χ0) is 11.5. The first kappa shape index (κ1) is 11.3. The fourth-order valence-electron chi connectivity index (χ4n) is 1.46. The Morgan fingerprint density at radius 3 is 3.00 bits per heavy atom. The van der Waals surface area contributed by atoms with Gasteiger partial charge < -0.3 is 5.73 Å². The fourth-order valence-corrected chi connectivity index (χ4v) is 2.36. The second-order valence-electron chi connectivity index (χ2n) is 3.90. The standard InChI is InChI=1S/C11H16N4S/c1-3-9(12)4-11-14-10(7-16-11)8-5-13-15(2)6-8/h5-7,9H,3-4,12H2,1-2H3. The van der Waals surface area contributed by atoms with Gasteiger partial charge in [-0.1, -0.05) is 6.92 Å². The van der Waals surface area contributed by atoms with Crippen molar-refractivity contribution in [3.05, 3.63) is 22.8 Å². The van der Waals surface area contributed by atoms with Gasteiger partial charge in [0.25, 0.3) is 0 Å². The Morgan fingerprint density at radius 2 is 2.38 bits per heavy atom. The minimum atomic E-state index is 0.216. The van der Waals surface area contributed by atoms with Gasteiger partial charge in [-0.05, 0) is 6.42 Å². The maximum Gasteiger partial charge on any atom is 0.0948 e. The van der Waals surface area contributed by atoms with E-state index in [4.69, 9.17) is 5.73 Å².